The fourth-order valence-electron chi connectivity index (χ4n) is 3.45. The van der Waals surface area contributed by atoms with E-state index in [1.54, 1.807) is 0 Å². The number of carbonyl (C=O) groups excluding carboxylic acids is 1. The molecule has 1 atom stereocenters. The van der Waals surface area contributed by atoms with Gasteiger partial charge in [-0.25, -0.2) is 0 Å². The number of hydrogen-bond acceptors (Lipinski definition) is 5. The fraction of sp³-hybridized carbons (Fsp3) is 0.435. The summed E-state index contributed by atoms with van der Waals surface area (Å²) in [6.07, 6.45) is 2.72. The van der Waals surface area contributed by atoms with Crippen LogP contribution in [0.1, 0.15) is 37.3 Å². The molecule has 1 heterocycles. The summed E-state index contributed by atoms with van der Waals surface area (Å²) in [4.78, 5) is 12.7. The van der Waals surface area contributed by atoms with E-state index >= 15 is 0 Å². The molecule has 0 spiro atoms. The Balaban J connectivity index is 1.65. The third-order valence-electron chi connectivity index (χ3n) is 5.15. The monoisotopic (exact) mass is 384 g/mol. The number of benzene rings is 2. The summed E-state index contributed by atoms with van der Waals surface area (Å²) in [5.41, 5.74) is 0.832. The summed E-state index contributed by atoms with van der Waals surface area (Å²) in [5.74, 6) is 0.448. The topological polar surface area (TPSA) is 54.0 Å². The first-order chi connectivity index (χ1) is 13.6. The lowest BCUT2D eigenvalue weighted by molar-refractivity contribution is -0.145. The summed E-state index contributed by atoms with van der Waals surface area (Å²) >= 11 is 0. The molecule has 0 radical (unpaired) electrons. The molecule has 2 aromatic rings. The molecule has 0 aromatic heterocycles. The molecule has 1 fully saturated rings. The van der Waals surface area contributed by atoms with Crippen LogP contribution in [0, 0.1) is 0 Å². The molecular weight excluding hydrogens is 356 g/mol. The van der Waals surface area contributed by atoms with Crippen molar-refractivity contribution in [3.8, 4) is 5.75 Å². The van der Waals surface area contributed by atoms with Gasteiger partial charge in [-0.05, 0) is 49.4 Å². The average Bonchev–Trinajstić information content (AvgIpc) is 3.26. The highest BCUT2D eigenvalue weighted by Gasteiger charge is 2.38. The Bertz CT molecular complexity index is 755. The van der Waals surface area contributed by atoms with Crippen LogP contribution in [0.15, 0.2) is 54.6 Å². The highest BCUT2D eigenvalue weighted by atomic mass is 16.7. The Morgan fingerprint density at radius 3 is 2.46 bits per heavy atom. The molecule has 0 aliphatic carbocycles. The Hall–Kier alpha value is -2.37. The van der Waals surface area contributed by atoms with Gasteiger partial charge >= 0.3 is 5.97 Å². The number of esters is 1. The molecule has 0 amide bonds. The van der Waals surface area contributed by atoms with Gasteiger partial charge in [0, 0.05) is 0 Å². The van der Waals surface area contributed by atoms with Gasteiger partial charge in [0.1, 0.15) is 11.2 Å². The van der Waals surface area contributed by atoms with E-state index in [1.165, 1.54) is 7.11 Å². The van der Waals surface area contributed by atoms with Crippen LogP contribution in [0.2, 0.25) is 0 Å². The Morgan fingerprint density at radius 1 is 1.04 bits per heavy atom. The molecule has 28 heavy (non-hydrogen) atoms. The Morgan fingerprint density at radius 2 is 1.75 bits per heavy atom. The Kier molecular flexibility index (Phi) is 7.06. The average molecular weight is 384 g/mol. The molecule has 1 aliphatic heterocycles. The van der Waals surface area contributed by atoms with Crippen molar-refractivity contribution >= 4 is 5.97 Å². The summed E-state index contributed by atoms with van der Waals surface area (Å²) in [6.45, 7) is 3.87. The van der Waals surface area contributed by atoms with Gasteiger partial charge in [-0.2, -0.15) is 0 Å². The predicted molar refractivity (Wildman–Crippen MR) is 106 cm³/mol. The minimum Gasteiger partial charge on any atom is -0.494 e. The molecule has 3 rings (SSSR count). The van der Waals surface area contributed by atoms with Gasteiger partial charge in [-0.15, -0.1) is 0 Å². The summed E-state index contributed by atoms with van der Waals surface area (Å²) in [5, 5.41) is 0. The van der Waals surface area contributed by atoms with E-state index in [2.05, 4.69) is 0 Å². The van der Waals surface area contributed by atoms with E-state index in [-0.39, 0.29) is 12.3 Å². The second kappa shape index (κ2) is 9.71. The molecular formula is C23H28O5. The maximum Gasteiger partial charge on any atom is 0.320 e. The molecule has 2 aromatic carbocycles. The van der Waals surface area contributed by atoms with Crippen LogP contribution in [0.5, 0.6) is 5.75 Å². The van der Waals surface area contributed by atoms with E-state index < -0.39 is 5.41 Å². The first-order valence-corrected chi connectivity index (χ1v) is 9.75. The van der Waals surface area contributed by atoms with Crippen LogP contribution in [0.25, 0.3) is 0 Å². The third-order valence-corrected chi connectivity index (χ3v) is 5.15. The third kappa shape index (κ3) is 4.72. The lowest BCUT2D eigenvalue weighted by atomic mass is 9.76. The van der Waals surface area contributed by atoms with Crippen LogP contribution >= 0.6 is 0 Å². The van der Waals surface area contributed by atoms with Crippen LogP contribution < -0.4 is 4.74 Å². The number of methoxy groups -OCH3 is 1. The van der Waals surface area contributed by atoms with Crippen molar-refractivity contribution in [2.24, 2.45) is 0 Å². The van der Waals surface area contributed by atoms with Gasteiger partial charge < -0.3 is 18.9 Å². The lowest BCUT2D eigenvalue weighted by Crippen LogP contribution is -2.35. The largest absolute Gasteiger partial charge is 0.494 e. The van der Waals surface area contributed by atoms with Gasteiger partial charge in [-0.1, -0.05) is 42.5 Å². The van der Waals surface area contributed by atoms with Gasteiger partial charge in [0.15, 0.2) is 6.29 Å². The van der Waals surface area contributed by atoms with Crippen molar-refractivity contribution < 1.29 is 23.7 Å². The fourth-order valence-corrected chi connectivity index (χ4v) is 3.45. The molecule has 0 unspecified atom stereocenters. The van der Waals surface area contributed by atoms with Gasteiger partial charge in [-0.3, -0.25) is 4.79 Å². The SMILES string of the molecule is COC(=O)[C@](C)(c1ccccc1)c1cccc(OCCCCC2OCCO2)c1. The maximum atomic E-state index is 12.7. The second-order valence-electron chi connectivity index (χ2n) is 7.03. The van der Waals surface area contributed by atoms with Crippen LogP contribution in [0.4, 0.5) is 0 Å². The number of unbranched alkanes of at least 4 members (excludes halogenated alkanes) is 1. The molecule has 0 N–H and O–H groups in total. The summed E-state index contributed by atoms with van der Waals surface area (Å²) in [6, 6.07) is 17.4. The van der Waals surface area contributed by atoms with Gasteiger partial charge in [0.25, 0.3) is 0 Å². The zero-order valence-corrected chi connectivity index (χ0v) is 16.6. The van der Waals surface area contributed by atoms with Crippen molar-refractivity contribution in [1.82, 2.24) is 0 Å². The standard InChI is InChI=1S/C23H28O5/c1-23(22(24)25-2,18-9-4-3-5-10-18)19-11-8-12-20(17-19)26-14-7-6-13-21-27-15-16-28-21/h3-5,8-12,17,21H,6-7,13-16H2,1-2H3/t23-/m1/s1. The van der Waals surface area contributed by atoms with E-state index in [9.17, 15) is 4.79 Å². The van der Waals surface area contributed by atoms with Crippen molar-refractivity contribution in [2.45, 2.75) is 37.9 Å². The molecule has 150 valence electrons. The van der Waals surface area contributed by atoms with E-state index in [4.69, 9.17) is 18.9 Å². The molecule has 5 heteroatoms. The minimum atomic E-state index is -0.896. The first kappa shape index (κ1) is 20.4. The molecule has 5 nitrogen and oxygen atoms in total. The summed E-state index contributed by atoms with van der Waals surface area (Å²) < 4.78 is 21.9. The smallest absolute Gasteiger partial charge is 0.320 e. The zero-order valence-electron chi connectivity index (χ0n) is 16.6. The number of rotatable bonds is 9. The highest BCUT2D eigenvalue weighted by Crippen LogP contribution is 2.35. The predicted octanol–water partition coefficient (Wildman–Crippen LogP) is 4.09. The molecule has 1 saturated heterocycles. The van der Waals surface area contributed by atoms with Crippen LogP contribution in [-0.4, -0.2) is 39.2 Å². The maximum absolute atomic E-state index is 12.7. The zero-order chi connectivity index (χ0) is 19.8. The van der Waals surface area contributed by atoms with Crippen molar-refractivity contribution in [3.63, 3.8) is 0 Å². The number of ether oxygens (including phenoxy) is 4. The quantitative estimate of drug-likeness (QED) is 0.481. The number of hydrogen-bond donors (Lipinski definition) is 0. The van der Waals surface area contributed by atoms with E-state index in [0.29, 0.717) is 19.8 Å². The normalized spacial score (nSPS) is 16.5. The second-order valence-corrected chi connectivity index (χ2v) is 7.03. The van der Waals surface area contributed by atoms with Crippen molar-refractivity contribution in [3.05, 3.63) is 65.7 Å². The first-order valence-electron chi connectivity index (χ1n) is 9.75. The van der Waals surface area contributed by atoms with Crippen LogP contribution in [0.3, 0.4) is 0 Å². The summed E-state index contributed by atoms with van der Waals surface area (Å²) in [7, 11) is 1.42. The van der Waals surface area contributed by atoms with Crippen LogP contribution in [-0.2, 0) is 24.4 Å². The number of carbonyl (C=O) groups is 1. The lowest BCUT2D eigenvalue weighted by Gasteiger charge is -2.28. The van der Waals surface area contributed by atoms with Crippen molar-refractivity contribution in [2.75, 3.05) is 26.9 Å². The highest BCUT2D eigenvalue weighted by molar-refractivity contribution is 5.87. The minimum absolute atomic E-state index is 0.0602. The van der Waals surface area contributed by atoms with Gasteiger partial charge in [0.2, 0.25) is 0 Å². The Labute approximate surface area is 166 Å². The molecule has 0 saturated carbocycles. The van der Waals surface area contributed by atoms with Gasteiger partial charge in [0.05, 0.1) is 26.9 Å². The van der Waals surface area contributed by atoms with Crippen molar-refractivity contribution in [1.29, 1.82) is 0 Å². The van der Waals surface area contributed by atoms with E-state index in [0.717, 1.165) is 36.1 Å². The molecule has 0 bridgehead atoms. The van der Waals surface area contributed by atoms with E-state index in [1.807, 2.05) is 61.5 Å². The molecule has 1 aliphatic rings.